The van der Waals surface area contributed by atoms with Gasteiger partial charge in [0.25, 0.3) is 0 Å². The van der Waals surface area contributed by atoms with Crippen molar-refractivity contribution in [2.45, 2.75) is 44.1 Å². The van der Waals surface area contributed by atoms with Crippen molar-refractivity contribution < 1.29 is 14.6 Å². The van der Waals surface area contributed by atoms with Gasteiger partial charge in [0, 0.05) is 39.0 Å². The van der Waals surface area contributed by atoms with E-state index in [1.165, 1.54) is 12.8 Å². The number of ether oxygens (including phenoxy) is 1. The van der Waals surface area contributed by atoms with Crippen molar-refractivity contribution in [3.05, 3.63) is 0 Å². The van der Waals surface area contributed by atoms with E-state index in [2.05, 4.69) is 10.6 Å². The van der Waals surface area contributed by atoms with Gasteiger partial charge in [-0.15, -0.1) is 0 Å². The number of piperidine rings is 1. The Labute approximate surface area is 115 Å². The highest BCUT2D eigenvalue weighted by Crippen LogP contribution is 2.20. The van der Waals surface area contributed by atoms with Crippen LogP contribution in [0.15, 0.2) is 0 Å². The third-order valence-electron chi connectivity index (χ3n) is 4.28. The molecule has 5 heteroatoms. The molecular formula is C14H26N2O3. The predicted molar refractivity (Wildman–Crippen MR) is 72.8 cm³/mol. The van der Waals surface area contributed by atoms with Crippen molar-refractivity contribution in [3.63, 3.8) is 0 Å². The zero-order valence-electron chi connectivity index (χ0n) is 11.6. The molecule has 0 unspecified atom stereocenters. The van der Waals surface area contributed by atoms with Crippen LogP contribution in [0.1, 0.15) is 38.5 Å². The van der Waals surface area contributed by atoms with E-state index in [0.717, 1.165) is 19.5 Å². The quantitative estimate of drug-likeness (QED) is 0.677. The van der Waals surface area contributed by atoms with Gasteiger partial charge in [0.1, 0.15) is 0 Å². The van der Waals surface area contributed by atoms with Gasteiger partial charge in [-0.05, 0) is 38.3 Å². The van der Waals surface area contributed by atoms with Crippen LogP contribution in [0.2, 0.25) is 0 Å². The molecule has 1 amide bonds. The van der Waals surface area contributed by atoms with E-state index < -0.39 is 5.60 Å². The number of nitrogens with one attached hydrogen (secondary N) is 2. The molecule has 3 N–H and O–H groups in total. The SMILES string of the molecule is O=C(CCC1CCNCC1)NCC1(O)CCOCC1. The lowest BCUT2D eigenvalue weighted by molar-refractivity contribution is -0.124. The molecule has 2 fully saturated rings. The monoisotopic (exact) mass is 270 g/mol. The molecule has 0 saturated carbocycles. The summed E-state index contributed by atoms with van der Waals surface area (Å²) in [6, 6.07) is 0. The summed E-state index contributed by atoms with van der Waals surface area (Å²) in [5.41, 5.74) is -0.761. The second-order valence-electron chi connectivity index (χ2n) is 5.85. The summed E-state index contributed by atoms with van der Waals surface area (Å²) >= 11 is 0. The average Bonchev–Trinajstić information content (AvgIpc) is 2.45. The maximum atomic E-state index is 11.8. The fourth-order valence-corrected chi connectivity index (χ4v) is 2.79. The second kappa shape index (κ2) is 7.22. The lowest BCUT2D eigenvalue weighted by Crippen LogP contribution is -2.46. The molecule has 0 aliphatic carbocycles. The molecule has 5 nitrogen and oxygen atoms in total. The first-order chi connectivity index (χ1) is 9.18. The van der Waals surface area contributed by atoms with Crippen LogP contribution in [-0.2, 0) is 9.53 Å². The first-order valence-corrected chi connectivity index (χ1v) is 7.45. The maximum absolute atomic E-state index is 11.8. The van der Waals surface area contributed by atoms with Crippen LogP contribution in [0, 0.1) is 5.92 Å². The van der Waals surface area contributed by atoms with Gasteiger partial charge in [-0.2, -0.15) is 0 Å². The summed E-state index contributed by atoms with van der Waals surface area (Å²) in [6.07, 6.45) is 5.12. The summed E-state index contributed by atoms with van der Waals surface area (Å²) in [5.74, 6) is 0.747. The normalized spacial score (nSPS) is 24.1. The Bertz CT molecular complexity index is 284. The van der Waals surface area contributed by atoms with Crippen LogP contribution < -0.4 is 10.6 Å². The summed E-state index contributed by atoms with van der Waals surface area (Å²) in [7, 11) is 0. The first kappa shape index (κ1) is 14.8. The van der Waals surface area contributed by atoms with Crippen LogP contribution >= 0.6 is 0 Å². The molecule has 2 aliphatic rings. The van der Waals surface area contributed by atoms with Gasteiger partial charge < -0.3 is 20.5 Å². The molecule has 2 rings (SSSR count). The largest absolute Gasteiger partial charge is 0.388 e. The van der Waals surface area contributed by atoms with Crippen molar-refractivity contribution in [2.75, 3.05) is 32.8 Å². The number of carbonyl (C=O) groups excluding carboxylic acids is 1. The zero-order chi connectivity index (χ0) is 13.6. The van der Waals surface area contributed by atoms with Crippen molar-refractivity contribution in [3.8, 4) is 0 Å². The summed E-state index contributed by atoms with van der Waals surface area (Å²) in [5, 5.41) is 16.4. The van der Waals surface area contributed by atoms with E-state index in [1.807, 2.05) is 0 Å². The van der Waals surface area contributed by atoms with Gasteiger partial charge in [0.15, 0.2) is 0 Å². The molecule has 0 atom stereocenters. The van der Waals surface area contributed by atoms with E-state index in [-0.39, 0.29) is 5.91 Å². The molecule has 0 radical (unpaired) electrons. The van der Waals surface area contributed by atoms with E-state index in [9.17, 15) is 9.90 Å². The van der Waals surface area contributed by atoms with Gasteiger partial charge in [0.2, 0.25) is 5.91 Å². The Balaban J connectivity index is 1.61. The Morgan fingerprint density at radius 2 is 2.00 bits per heavy atom. The average molecular weight is 270 g/mol. The van der Waals surface area contributed by atoms with Crippen LogP contribution in [0.3, 0.4) is 0 Å². The third-order valence-corrected chi connectivity index (χ3v) is 4.28. The molecule has 110 valence electrons. The van der Waals surface area contributed by atoms with Crippen molar-refractivity contribution >= 4 is 5.91 Å². The van der Waals surface area contributed by atoms with Crippen molar-refractivity contribution in [2.24, 2.45) is 5.92 Å². The molecule has 2 heterocycles. The number of aliphatic hydroxyl groups is 1. The molecule has 0 aromatic carbocycles. The third kappa shape index (κ3) is 5.09. The van der Waals surface area contributed by atoms with E-state index >= 15 is 0 Å². The van der Waals surface area contributed by atoms with E-state index in [4.69, 9.17) is 4.74 Å². The fourth-order valence-electron chi connectivity index (χ4n) is 2.79. The zero-order valence-corrected chi connectivity index (χ0v) is 11.6. The lowest BCUT2D eigenvalue weighted by Gasteiger charge is -2.32. The number of carbonyl (C=O) groups is 1. The van der Waals surface area contributed by atoms with Gasteiger partial charge in [-0.3, -0.25) is 4.79 Å². The van der Waals surface area contributed by atoms with Gasteiger partial charge in [-0.1, -0.05) is 0 Å². The fraction of sp³-hybridized carbons (Fsp3) is 0.929. The minimum absolute atomic E-state index is 0.0680. The minimum Gasteiger partial charge on any atom is -0.388 e. The van der Waals surface area contributed by atoms with Crippen LogP contribution in [0.4, 0.5) is 0 Å². The van der Waals surface area contributed by atoms with E-state index in [1.54, 1.807) is 0 Å². The lowest BCUT2D eigenvalue weighted by atomic mass is 9.92. The Morgan fingerprint density at radius 3 is 2.68 bits per heavy atom. The molecule has 0 aromatic heterocycles. The highest BCUT2D eigenvalue weighted by atomic mass is 16.5. The van der Waals surface area contributed by atoms with Crippen molar-refractivity contribution in [1.82, 2.24) is 10.6 Å². The maximum Gasteiger partial charge on any atom is 0.220 e. The summed E-state index contributed by atoms with van der Waals surface area (Å²) in [6.45, 7) is 3.68. The number of amides is 1. The van der Waals surface area contributed by atoms with Crippen LogP contribution in [0.5, 0.6) is 0 Å². The topological polar surface area (TPSA) is 70.6 Å². The first-order valence-electron chi connectivity index (χ1n) is 7.45. The molecule has 0 spiro atoms. The van der Waals surface area contributed by atoms with Crippen LogP contribution in [-0.4, -0.2) is 49.5 Å². The second-order valence-corrected chi connectivity index (χ2v) is 5.85. The summed E-state index contributed by atoms with van der Waals surface area (Å²) in [4.78, 5) is 11.8. The number of hydrogen-bond acceptors (Lipinski definition) is 4. The standard InChI is InChI=1S/C14H26N2O3/c17-13(2-1-12-3-7-15-8-4-12)16-11-14(18)5-9-19-10-6-14/h12,15,18H,1-11H2,(H,16,17). The molecular weight excluding hydrogens is 244 g/mol. The van der Waals surface area contributed by atoms with Gasteiger partial charge >= 0.3 is 0 Å². The highest BCUT2D eigenvalue weighted by molar-refractivity contribution is 5.75. The molecule has 0 aromatic rings. The minimum atomic E-state index is -0.761. The van der Waals surface area contributed by atoms with E-state index in [0.29, 0.717) is 44.9 Å². The van der Waals surface area contributed by atoms with Gasteiger partial charge in [0.05, 0.1) is 5.60 Å². The molecule has 19 heavy (non-hydrogen) atoms. The molecule has 0 bridgehead atoms. The Kier molecular flexibility index (Phi) is 5.60. The smallest absolute Gasteiger partial charge is 0.220 e. The van der Waals surface area contributed by atoms with Gasteiger partial charge in [-0.25, -0.2) is 0 Å². The summed E-state index contributed by atoms with van der Waals surface area (Å²) < 4.78 is 5.22. The Hall–Kier alpha value is -0.650. The van der Waals surface area contributed by atoms with Crippen molar-refractivity contribution in [1.29, 1.82) is 0 Å². The molecule has 2 saturated heterocycles. The Morgan fingerprint density at radius 1 is 1.32 bits per heavy atom. The highest BCUT2D eigenvalue weighted by Gasteiger charge is 2.30. The number of hydrogen-bond donors (Lipinski definition) is 3. The predicted octanol–water partition coefficient (Wildman–Crippen LogP) is 0.424. The molecule has 2 aliphatic heterocycles. The van der Waals surface area contributed by atoms with Crippen LogP contribution in [0.25, 0.3) is 0 Å². The number of rotatable bonds is 5.